The molecule has 0 aliphatic rings. The lowest BCUT2D eigenvalue weighted by Gasteiger charge is -2.23. The number of guanidine groups is 1. The lowest BCUT2D eigenvalue weighted by atomic mass is 10.0. The van der Waals surface area contributed by atoms with Gasteiger partial charge in [0.2, 0.25) is 11.8 Å². The van der Waals surface area contributed by atoms with Crippen molar-refractivity contribution in [2.75, 3.05) is 18.6 Å². The minimum Gasteiger partial charge on any atom is -0.480 e. The Morgan fingerprint density at radius 2 is 1.67 bits per heavy atom. The molecule has 0 aliphatic carbocycles. The van der Waals surface area contributed by atoms with E-state index in [1.807, 2.05) is 6.26 Å². The van der Waals surface area contributed by atoms with Crippen LogP contribution in [0.1, 0.15) is 33.1 Å². The summed E-state index contributed by atoms with van der Waals surface area (Å²) in [7, 11) is 0. The van der Waals surface area contributed by atoms with Crippen LogP contribution in [-0.2, 0) is 14.4 Å². The summed E-state index contributed by atoms with van der Waals surface area (Å²) in [6.07, 6.45) is 2.78. The van der Waals surface area contributed by atoms with Crippen LogP contribution in [0.5, 0.6) is 0 Å². The van der Waals surface area contributed by atoms with Gasteiger partial charge in [0.15, 0.2) is 5.96 Å². The number of hydrogen-bond acceptors (Lipinski definition) is 6. The van der Waals surface area contributed by atoms with Gasteiger partial charge in [0.25, 0.3) is 0 Å². The predicted molar refractivity (Wildman–Crippen MR) is 107 cm³/mol. The van der Waals surface area contributed by atoms with Gasteiger partial charge in [-0.3, -0.25) is 14.6 Å². The van der Waals surface area contributed by atoms with E-state index in [1.165, 1.54) is 11.8 Å². The van der Waals surface area contributed by atoms with E-state index < -0.39 is 35.9 Å². The van der Waals surface area contributed by atoms with E-state index in [9.17, 15) is 19.5 Å². The third kappa shape index (κ3) is 10.7. The summed E-state index contributed by atoms with van der Waals surface area (Å²) < 4.78 is 0. The number of aliphatic carboxylic acids is 1. The number of hydrogen-bond donors (Lipinski definition) is 6. The van der Waals surface area contributed by atoms with E-state index in [1.54, 1.807) is 13.8 Å². The number of amides is 2. The Labute approximate surface area is 164 Å². The van der Waals surface area contributed by atoms with Gasteiger partial charge in [-0.25, -0.2) is 4.79 Å². The molecule has 0 unspecified atom stereocenters. The second-order valence-corrected chi connectivity index (χ2v) is 7.45. The Morgan fingerprint density at radius 3 is 2.15 bits per heavy atom. The van der Waals surface area contributed by atoms with Crippen LogP contribution < -0.4 is 27.8 Å². The predicted octanol–water partition coefficient (Wildman–Crippen LogP) is -1.17. The van der Waals surface area contributed by atoms with Crippen LogP contribution >= 0.6 is 11.8 Å². The van der Waals surface area contributed by atoms with E-state index in [-0.39, 0.29) is 24.8 Å². The van der Waals surface area contributed by atoms with Crippen molar-refractivity contribution in [2.45, 2.75) is 51.2 Å². The number of nitrogens with one attached hydrogen (secondary N) is 2. The molecule has 0 aliphatic heterocycles. The van der Waals surface area contributed by atoms with Crippen molar-refractivity contribution in [3.63, 3.8) is 0 Å². The minimum atomic E-state index is -1.16. The average molecular weight is 405 g/mol. The lowest BCUT2D eigenvalue weighted by molar-refractivity contribution is -0.142. The van der Waals surface area contributed by atoms with E-state index in [0.717, 1.165) is 0 Å². The molecule has 0 radical (unpaired) electrons. The maximum atomic E-state index is 12.5. The van der Waals surface area contributed by atoms with Crippen molar-refractivity contribution >= 4 is 35.5 Å². The summed E-state index contributed by atoms with van der Waals surface area (Å²) in [4.78, 5) is 39.9. The van der Waals surface area contributed by atoms with E-state index in [4.69, 9.17) is 17.2 Å². The molecular weight excluding hydrogens is 372 g/mol. The lowest BCUT2D eigenvalue weighted by Crippen LogP contribution is -2.55. The van der Waals surface area contributed by atoms with Crippen LogP contribution in [0.4, 0.5) is 0 Å². The average Bonchev–Trinajstić information content (AvgIpc) is 2.59. The quantitative estimate of drug-likeness (QED) is 0.126. The first kappa shape index (κ1) is 25.0. The molecule has 0 bridgehead atoms. The number of rotatable bonds is 13. The summed E-state index contributed by atoms with van der Waals surface area (Å²) in [5, 5.41) is 14.4. The molecule has 10 nitrogen and oxygen atoms in total. The smallest absolute Gasteiger partial charge is 0.326 e. The molecule has 0 spiro atoms. The van der Waals surface area contributed by atoms with Crippen molar-refractivity contribution in [2.24, 2.45) is 28.1 Å². The van der Waals surface area contributed by atoms with Crippen LogP contribution in [0.3, 0.4) is 0 Å². The standard InChI is InChI=1S/C16H32N6O4S/c1-9(2)12(17)14(24)21-10(6-8-27-3)13(23)22-11(15(25)26)5-4-7-20-16(18)19/h9-12H,4-8,17H2,1-3H3,(H,21,24)(H,22,23)(H,25,26)(H4,18,19,20)/t10-,11-,12-/m0/s1. The molecule has 11 heteroatoms. The van der Waals surface area contributed by atoms with Crippen LogP contribution in [0.25, 0.3) is 0 Å². The summed E-state index contributed by atoms with van der Waals surface area (Å²) >= 11 is 1.52. The van der Waals surface area contributed by atoms with Gasteiger partial charge in [-0.1, -0.05) is 13.8 Å². The first-order valence-corrected chi connectivity index (χ1v) is 10.1. The van der Waals surface area contributed by atoms with Gasteiger partial charge >= 0.3 is 5.97 Å². The number of nitrogens with two attached hydrogens (primary N) is 3. The fourth-order valence-corrected chi connectivity index (χ4v) is 2.58. The maximum Gasteiger partial charge on any atom is 0.326 e. The molecule has 0 saturated carbocycles. The highest BCUT2D eigenvalue weighted by Gasteiger charge is 2.28. The Hall–Kier alpha value is -2.01. The van der Waals surface area contributed by atoms with Gasteiger partial charge in [-0.05, 0) is 37.2 Å². The topological polar surface area (TPSA) is 186 Å². The van der Waals surface area contributed by atoms with E-state index in [2.05, 4.69) is 15.6 Å². The third-order valence-electron chi connectivity index (χ3n) is 3.82. The summed E-state index contributed by atoms with van der Waals surface area (Å²) in [6.45, 7) is 3.87. The number of carboxylic acid groups (broad SMARTS) is 1. The molecule has 27 heavy (non-hydrogen) atoms. The van der Waals surface area contributed by atoms with Gasteiger partial charge in [-0.15, -0.1) is 0 Å². The highest BCUT2D eigenvalue weighted by atomic mass is 32.2. The summed E-state index contributed by atoms with van der Waals surface area (Å²) in [5.41, 5.74) is 16.3. The summed E-state index contributed by atoms with van der Waals surface area (Å²) in [5.74, 6) is -1.70. The maximum absolute atomic E-state index is 12.5. The second-order valence-electron chi connectivity index (χ2n) is 6.46. The molecule has 3 atom stereocenters. The Kier molecular flexibility index (Phi) is 12.2. The van der Waals surface area contributed by atoms with Gasteiger partial charge in [-0.2, -0.15) is 11.8 Å². The molecular formula is C16H32N6O4S. The molecule has 0 rings (SSSR count). The molecule has 0 aromatic heterocycles. The first-order valence-electron chi connectivity index (χ1n) is 8.73. The fraction of sp³-hybridized carbons (Fsp3) is 0.750. The van der Waals surface area contributed by atoms with Crippen molar-refractivity contribution in [1.82, 2.24) is 10.6 Å². The van der Waals surface area contributed by atoms with Crippen LogP contribution in [0, 0.1) is 5.92 Å². The molecule has 0 aromatic rings. The zero-order chi connectivity index (χ0) is 21.0. The SMILES string of the molecule is CSCC[C@H](NC(=O)[C@@H](N)C(C)C)C(=O)N[C@@H](CCCN=C(N)N)C(=O)O. The van der Waals surface area contributed by atoms with Gasteiger partial charge < -0.3 is 32.9 Å². The number of carbonyl (C=O) groups is 3. The number of thioether (sulfide) groups is 1. The molecule has 0 saturated heterocycles. The Balaban J connectivity index is 4.92. The highest BCUT2D eigenvalue weighted by Crippen LogP contribution is 2.06. The van der Waals surface area contributed by atoms with Crippen molar-refractivity contribution in [1.29, 1.82) is 0 Å². The monoisotopic (exact) mass is 404 g/mol. The van der Waals surface area contributed by atoms with Gasteiger partial charge in [0.05, 0.1) is 6.04 Å². The van der Waals surface area contributed by atoms with Crippen LogP contribution in [-0.4, -0.2) is 65.5 Å². The van der Waals surface area contributed by atoms with Crippen LogP contribution in [0.2, 0.25) is 0 Å². The third-order valence-corrected chi connectivity index (χ3v) is 4.47. The first-order chi connectivity index (χ1) is 12.6. The second kappa shape index (κ2) is 13.2. The van der Waals surface area contributed by atoms with E-state index >= 15 is 0 Å². The molecule has 0 fully saturated rings. The van der Waals surface area contributed by atoms with Crippen molar-refractivity contribution in [3.8, 4) is 0 Å². The largest absolute Gasteiger partial charge is 0.480 e. The molecule has 156 valence electrons. The number of nitrogens with zero attached hydrogens (tertiary/aromatic N) is 1. The highest BCUT2D eigenvalue weighted by molar-refractivity contribution is 7.98. The number of carboxylic acids is 1. The van der Waals surface area contributed by atoms with Crippen molar-refractivity contribution < 1.29 is 19.5 Å². The van der Waals surface area contributed by atoms with Gasteiger partial charge in [0.1, 0.15) is 12.1 Å². The normalized spacial score (nSPS) is 14.1. The van der Waals surface area contributed by atoms with Crippen LogP contribution in [0.15, 0.2) is 4.99 Å². The molecule has 0 heterocycles. The molecule has 0 aromatic carbocycles. The number of aliphatic imine (C=N–C) groups is 1. The zero-order valence-corrected chi connectivity index (χ0v) is 16.9. The molecule has 2 amide bonds. The van der Waals surface area contributed by atoms with Crippen molar-refractivity contribution in [3.05, 3.63) is 0 Å². The Morgan fingerprint density at radius 1 is 1.07 bits per heavy atom. The Bertz CT molecular complexity index is 525. The summed E-state index contributed by atoms with van der Waals surface area (Å²) in [6, 6.07) is -2.70. The minimum absolute atomic E-state index is 0.0766. The molecule has 9 N–H and O–H groups in total. The number of carbonyl (C=O) groups excluding carboxylic acids is 2. The van der Waals surface area contributed by atoms with Gasteiger partial charge in [0, 0.05) is 6.54 Å². The zero-order valence-electron chi connectivity index (χ0n) is 16.1. The fourth-order valence-electron chi connectivity index (χ4n) is 2.11. The van der Waals surface area contributed by atoms with E-state index in [0.29, 0.717) is 18.6 Å².